The Balaban J connectivity index is 1.69. The molecule has 174 valence electrons. The van der Waals surface area contributed by atoms with Gasteiger partial charge in [0.05, 0.1) is 7.11 Å². The summed E-state index contributed by atoms with van der Waals surface area (Å²) in [6.45, 7) is 2.55. The molecule has 4 rings (SSSR count). The van der Waals surface area contributed by atoms with E-state index in [0.717, 1.165) is 43.9 Å². The summed E-state index contributed by atoms with van der Waals surface area (Å²) >= 11 is 0. The third kappa shape index (κ3) is 5.79. The maximum Gasteiger partial charge on any atom is 0.350 e. The summed E-state index contributed by atoms with van der Waals surface area (Å²) in [7, 11) is 3.14. The predicted octanol–water partition coefficient (Wildman–Crippen LogP) is 4.22. The monoisotopic (exact) mass is 449 g/mol. The van der Waals surface area contributed by atoms with Crippen LogP contribution in [-0.2, 0) is 14.3 Å². The van der Waals surface area contributed by atoms with Gasteiger partial charge in [-0.25, -0.2) is 9.78 Å². The van der Waals surface area contributed by atoms with Crippen molar-refractivity contribution in [3.05, 3.63) is 60.7 Å². The smallest absolute Gasteiger partial charge is 0.350 e. The number of hydrogen-bond donors (Lipinski definition) is 0. The first kappa shape index (κ1) is 23.0. The molecule has 1 aliphatic carbocycles. The predicted molar refractivity (Wildman–Crippen MR) is 127 cm³/mol. The minimum Gasteiger partial charge on any atom is -0.466 e. The van der Waals surface area contributed by atoms with Crippen LogP contribution in [0.3, 0.4) is 0 Å². The van der Waals surface area contributed by atoms with Crippen LogP contribution in [0.1, 0.15) is 25.7 Å². The summed E-state index contributed by atoms with van der Waals surface area (Å²) in [5.74, 6) is 1.95. The van der Waals surface area contributed by atoms with Gasteiger partial charge in [-0.3, -0.25) is 0 Å². The van der Waals surface area contributed by atoms with E-state index in [1.165, 1.54) is 7.11 Å². The van der Waals surface area contributed by atoms with Gasteiger partial charge in [-0.2, -0.15) is 4.98 Å². The summed E-state index contributed by atoms with van der Waals surface area (Å²) in [6.07, 6.45) is 3.33. The van der Waals surface area contributed by atoms with E-state index in [4.69, 9.17) is 19.2 Å². The summed E-state index contributed by atoms with van der Waals surface area (Å²) in [5, 5.41) is 0. The van der Waals surface area contributed by atoms with Crippen LogP contribution in [0.4, 0.5) is 5.82 Å². The molecule has 1 aliphatic heterocycles. The quantitative estimate of drug-likeness (QED) is 0.586. The number of esters is 1. The number of carbonyl (C=O) groups is 1. The van der Waals surface area contributed by atoms with Gasteiger partial charge < -0.3 is 19.1 Å². The molecule has 0 spiro atoms. The minimum atomic E-state index is -0.933. The Morgan fingerprint density at radius 3 is 2.21 bits per heavy atom. The highest BCUT2D eigenvalue weighted by Crippen LogP contribution is 2.41. The third-order valence-electron chi connectivity index (χ3n) is 6.07. The Bertz CT molecular complexity index is 991. The Hall–Kier alpha value is -3.19. The fourth-order valence-corrected chi connectivity index (χ4v) is 4.01. The molecule has 7 nitrogen and oxygen atoms in total. The summed E-state index contributed by atoms with van der Waals surface area (Å²) in [6, 6.07) is 19.5. The number of methoxy groups -OCH3 is 2. The fourth-order valence-electron chi connectivity index (χ4n) is 4.01. The van der Waals surface area contributed by atoms with Gasteiger partial charge in [-0.1, -0.05) is 54.6 Å². The largest absolute Gasteiger partial charge is 0.466 e. The highest BCUT2D eigenvalue weighted by atomic mass is 16.6. The molecular formula is C26H31N3O4. The number of ether oxygens (including phenoxy) is 3. The average molecular weight is 450 g/mol. The number of rotatable bonds is 7. The van der Waals surface area contributed by atoms with E-state index in [0.29, 0.717) is 30.5 Å². The van der Waals surface area contributed by atoms with Crippen LogP contribution in [0.5, 0.6) is 5.88 Å². The van der Waals surface area contributed by atoms with Crippen LogP contribution in [0, 0.1) is 5.92 Å². The zero-order chi connectivity index (χ0) is 23.1. The van der Waals surface area contributed by atoms with Gasteiger partial charge in [0.15, 0.2) is 5.82 Å². The Kier molecular flexibility index (Phi) is 7.40. The van der Waals surface area contributed by atoms with E-state index in [-0.39, 0.29) is 5.97 Å². The number of piperidine rings is 1. The second-order valence-corrected chi connectivity index (χ2v) is 8.50. The van der Waals surface area contributed by atoms with Crippen molar-refractivity contribution < 1.29 is 19.0 Å². The van der Waals surface area contributed by atoms with Crippen molar-refractivity contribution >= 4 is 11.8 Å². The molecule has 0 N–H and O–H groups in total. The van der Waals surface area contributed by atoms with Crippen molar-refractivity contribution in [2.75, 3.05) is 38.8 Å². The molecule has 0 atom stereocenters. The number of nitrogens with zero attached hydrogens (tertiary/aromatic N) is 3. The molecule has 1 aromatic heterocycles. The van der Waals surface area contributed by atoms with Crippen LogP contribution in [-0.4, -0.2) is 55.5 Å². The minimum absolute atomic E-state index is 0.359. The third-order valence-corrected chi connectivity index (χ3v) is 6.07. The van der Waals surface area contributed by atoms with Crippen molar-refractivity contribution in [2.45, 2.75) is 31.3 Å². The molecule has 0 amide bonds. The van der Waals surface area contributed by atoms with E-state index >= 15 is 0 Å². The molecule has 0 bridgehead atoms. The second-order valence-electron chi connectivity index (χ2n) is 8.50. The average Bonchev–Trinajstić information content (AvgIpc) is 3.63. The molecule has 2 aromatic rings. The van der Waals surface area contributed by atoms with Crippen LogP contribution >= 0.6 is 0 Å². The maximum atomic E-state index is 12.3. The molecule has 1 aromatic carbocycles. The van der Waals surface area contributed by atoms with Crippen molar-refractivity contribution in [1.82, 2.24) is 9.97 Å². The molecule has 1 saturated heterocycles. The normalized spacial score (nSPS) is 17.1. The summed E-state index contributed by atoms with van der Waals surface area (Å²) < 4.78 is 16.4. The Morgan fingerprint density at radius 2 is 1.64 bits per heavy atom. The molecule has 2 heterocycles. The Morgan fingerprint density at radius 1 is 1.00 bits per heavy atom. The first-order valence-electron chi connectivity index (χ1n) is 11.4. The lowest BCUT2D eigenvalue weighted by molar-refractivity contribution is -0.151. The molecule has 33 heavy (non-hydrogen) atoms. The van der Waals surface area contributed by atoms with Crippen molar-refractivity contribution in [1.29, 1.82) is 0 Å². The van der Waals surface area contributed by atoms with Crippen LogP contribution in [0.15, 0.2) is 60.7 Å². The molecule has 0 radical (unpaired) electrons. The standard InChI is InChI=1S/C26H31N3O4/c1-31-19-20-12-16-29(17-13-20)22-18-23(33-26(14-15-26)25(30)32-2)28-24(27-22)21-10-8-6-4-3-5-7-9-11-21/h3-11,18,20H,12-17,19H2,1-2H3. The number of anilines is 1. The SMILES string of the molecule is COCC1CCN(c2cc(OC3(C(=O)OC)CC3)nc(-c3ccccccccc3)n2)CC1. The van der Waals surface area contributed by atoms with Crippen molar-refractivity contribution in [2.24, 2.45) is 5.92 Å². The summed E-state index contributed by atoms with van der Waals surface area (Å²) in [4.78, 5) is 24.1. The van der Waals surface area contributed by atoms with Crippen LogP contribution in [0.25, 0.3) is 11.4 Å². The first-order chi connectivity index (χ1) is 16.1. The lowest BCUT2D eigenvalue weighted by Crippen LogP contribution is -2.36. The van der Waals surface area contributed by atoms with Gasteiger partial charge in [0.25, 0.3) is 0 Å². The highest BCUT2D eigenvalue weighted by molar-refractivity contribution is 5.83. The summed E-state index contributed by atoms with van der Waals surface area (Å²) in [5.41, 5.74) is -0.0769. The van der Waals surface area contributed by atoms with Gasteiger partial charge in [0.1, 0.15) is 5.82 Å². The topological polar surface area (TPSA) is 73.8 Å². The fraction of sp³-hybridized carbons (Fsp3) is 0.423. The molecule has 1 saturated carbocycles. The maximum absolute atomic E-state index is 12.3. The second kappa shape index (κ2) is 10.6. The van der Waals surface area contributed by atoms with Gasteiger partial charge in [-0.15, -0.1) is 0 Å². The van der Waals surface area contributed by atoms with E-state index < -0.39 is 5.60 Å². The van der Waals surface area contributed by atoms with Gasteiger partial charge in [-0.05, 0) is 18.8 Å². The molecule has 2 fully saturated rings. The number of hydrogen-bond acceptors (Lipinski definition) is 7. The van der Waals surface area contributed by atoms with Crippen molar-refractivity contribution in [3.63, 3.8) is 0 Å². The van der Waals surface area contributed by atoms with E-state index in [2.05, 4.69) is 9.88 Å². The van der Waals surface area contributed by atoms with Crippen LogP contribution in [0.2, 0.25) is 0 Å². The zero-order valence-electron chi connectivity index (χ0n) is 19.3. The lowest BCUT2D eigenvalue weighted by Gasteiger charge is -2.32. The zero-order valence-corrected chi connectivity index (χ0v) is 19.3. The Labute approximate surface area is 195 Å². The van der Waals surface area contributed by atoms with Gasteiger partial charge >= 0.3 is 5.97 Å². The van der Waals surface area contributed by atoms with Crippen LogP contribution < -0.4 is 9.64 Å². The highest BCUT2D eigenvalue weighted by Gasteiger charge is 2.54. The van der Waals surface area contributed by atoms with Crippen molar-refractivity contribution in [3.8, 4) is 17.3 Å². The molecule has 0 unspecified atom stereocenters. The van der Waals surface area contributed by atoms with E-state index in [9.17, 15) is 4.79 Å². The number of aromatic nitrogens is 2. The molecular weight excluding hydrogens is 418 g/mol. The van der Waals surface area contributed by atoms with Gasteiger partial charge in [0.2, 0.25) is 11.5 Å². The van der Waals surface area contributed by atoms with E-state index in [1.807, 2.05) is 60.7 Å². The lowest BCUT2D eigenvalue weighted by atomic mass is 9.98. The molecule has 7 heteroatoms. The van der Waals surface area contributed by atoms with E-state index in [1.54, 1.807) is 7.11 Å². The number of carbonyl (C=O) groups excluding carboxylic acids is 1. The molecule has 2 aliphatic rings. The van der Waals surface area contributed by atoms with Gasteiger partial charge in [0, 0.05) is 51.3 Å². The first-order valence-corrected chi connectivity index (χ1v) is 11.4.